The zero-order chi connectivity index (χ0) is 13.9. The van der Waals surface area contributed by atoms with Crippen LogP contribution in [0.3, 0.4) is 0 Å². The van der Waals surface area contributed by atoms with Crippen LogP contribution in [0.4, 0.5) is 0 Å². The van der Waals surface area contributed by atoms with Gasteiger partial charge in [-0.15, -0.1) is 0 Å². The molecule has 0 aromatic heterocycles. The summed E-state index contributed by atoms with van der Waals surface area (Å²) in [5, 5.41) is 27.9. The number of aliphatic hydroxyl groups excluding tert-OH is 2. The van der Waals surface area contributed by atoms with Gasteiger partial charge in [0.1, 0.15) is 12.2 Å². The van der Waals surface area contributed by atoms with E-state index in [-0.39, 0.29) is 12.0 Å². The molecule has 3 N–H and O–H groups in total. The van der Waals surface area contributed by atoms with Gasteiger partial charge < -0.3 is 24.8 Å². The quantitative estimate of drug-likeness (QED) is 0.559. The van der Waals surface area contributed by atoms with Crippen LogP contribution in [-0.4, -0.2) is 58.8 Å². The van der Waals surface area contributed by atoms with Gasteiger partial charge in [0.2, 0.25) is 0 Å². The molecule has 0 heterocycles. The average Bonchev–Trinajstić information content (AvgIpc) is 2.33. The van der Waals surface area contributed by atoms with E-state index in [0.29, 0.717) is 0 Å². The molecule has 0 aliphatic heterocycles. The van der Waals surface area contributed by atoms with Gasteiger partial charge in [-0.3, -0.25) is 0 Å². The molecule has 7 nitrogen and oxygen atoms in total. The maximum absolute atomic E-state index is 11.3. The monoisotopic (exact) mass is 260 g/mol. The molecule has 0 bridgehead atoms. The van der Waals surface area contributed by atoms with Crippen molar-refractivity contribution in [2.45, 2.75) is 37.8 Å². The highest BCUT2D eigenvalue weighted by atomic mass is 16.5. The number of aliphatic hydroxyl groups is 2. The summed E-state index contributed by atoms with van der Waals surface area (Å²) in [4.78, 5) is 22.0. The third kappa shape index (κ3) is 3.28. The van der Waals surface area contributed by atoms with Crippen LogP contribution in [0.2, 0.25) is 0 Å². The first kappa shape index (κ1) is 14.6. The largest absolute Gasteiger partial charge is 0.479 e. The highest BCUT2D eigenvalue weighted by Crippen LogP contribution is 2.24. The SMILES string of the molecule is COC(=O)C1=C[C@H](O)[C@H](O)[C@H](O[C@@H](C)C(=O)O)C1. The fourth-order valence-electron chi connectivity index (χ4n) is 1.66. The fraction of sp³-hybridized carbons (Fsp3) is 0.636. The lowest BCUT2D eigenvalue weighted by Gasteiger charge is -2.31. The molecule has 0 fully saturated rings. The van der Waals surface area contributed by atoms with Crippen molar-refractivity contribution in [3.8, 4) is 0 Å². The number of ether oxygens (including phenoxy) is 2. The molecule has 102 valence electrons. The van der Waals surface area contributed by atoms with Gasteiger partial charge in [-0.25, -0.2) is 9.59 Å². The van der Waals surface area contributed by atoms with E-state index in [1.165, 1.54) is 20.1 Å². The molecule has 0 spiro atoms. The highest BCUT2D eigenvalue weighted by Gasteiger charge is 2.35. The smallest absolute Gasteiger partial charge is 0.333 e. The molecule has 0 radical (unpaired) electrons. The van der Waals surface area contributed by atoms with Gasteiger partial charge >= 0.3 is 11.9 Å². The molecule has 0 aromatic rings. The molecule has 4 atom stereocenters. The number of methoxy groups -OCH3 is 1. The molecule has 0 amide bonds. The summed E-state index contributed by atoms with van der Waals surface area (Å²) in [6.07, 6.45) is -3.51. The van der Waals surface area contributed by atoms with E-state index in [2.05, 4.69) is 4.74 Å². The maximum Gasteiger partial charge on any atom is 0.333 e. The molecular weight excluding hydrogens is 244 g/mol. The summed E-state index contributed by atoms with van der Waals surface area (Å²) in [6, 6.07) is 0. The van der Waals surface area contributed by atoms with E-state index in [4.69, 9.17) is 9.84 Å². The second kappa shape index (κ2) is 5.94. The average molecular weight is 260 g/mol. The van der Waals surface area contributed by atoms with Crippen LogP contribution in [0.15, 0.2) is 11.6 Å². The van der Waals surface area contributed by atoms with Crippen LogP contribution < -0.4 is 0 Å². The first-order valence-electron chi connectivity index (χ1n) is 5.40. The zero-order valence-electron chi connectivity index (χ0n) is 10.1. The molecule has 18 heavy (non-hydrogen) atoms. The topological polar surface area (TPSA) is 113 Å². The predicted molar refractivity (Wildman–Crippen MR) is 58.7 cm³/mol. The number of carboxylic acids is 1. The van der Waals surface area contributed by atoms with Crippen molar-refractivity contribution in [2.75, 3.05) is 7.11 Å². The molecule has 1 aliphatic rings. The zero-order valence-corrected chi connectivity index (χ0v) is 10.1. The van der Waals surface area contributed by atoms with Crippen LogP contribution in [-0.2, 0) is 19.1 Å². The third-order valence-corrected chi connectivity index (χ3v) is 2.70. The Labute approximate surface area is 104 Å². The first-order valence-corrected chi connectivity index (χ1v) is 5.40. The minimum atomic E-state index is -1.29. The van der Waals surface area contributed by atoms with Crippen molar-refractivity contribution < 1.29 is 34.4 Å². The lowest BCUT2D eigenvalue weighted by Crippen LogP contribution is -2.45. The summed E-state index contributed by atoms with van der Waals surface area (Å²) >= 11 is 0. The number of aliphatic carboxylic acids is 1. The Bertz CT molecular complexity index is 362. The van der Waals surface area contributed by atoms with Gasteiger partial charge in [0.15, 0.2) is 6.10 Å². The van der Waals surface area contributed by atoms with Gasteiger partial charge in [0.25, 0.3) is 0 Å². The van der Waals surface area contributed by atoms with Gasteiger partial charge in [0, 0.05) is 12.0 Å². The standard InChI is InChI=1S/C11H16O7/c1-5(10(14)15)18-8-4-6(11(16)17-2)3-7(12)9(8)13/h3,5,7-9,12-13H,4H2,1-2H3,(H,14,15)/t5-,7-,8+,9-/m0/s1. The van der Waals surface area contributed by atoms with Crippen molar-refractivity contribution in [1.29, 1.82) is 0 Å². The normalized spacial score (nSPS) is 29.3. The molecule has 1 aliphatic carbocycles. The van der Waals surface area contributed by atoms with Crippen molar-refractivity contribution in [1.82, 2.24) is 0 Å². The molecule has 0 unspecified atom stereocenters. The molecular formula is C11H16O7. The first-order chi connectivity index (χ1) is 8.36. The lowest BCUT2D eigenvalue weighted by molar-refractivity contribution is -0.162. The van der Waals surface area contributed by atoms with Crippen LogP contribution in [0.1, 0.15) is 13.3 Å². The maximum atomic E-state index is 11.3. The number of carboxylic acid groups (broad SMARTS) is 1. The molecule has 0 aromatic carbocycles. The second-order valence-corrected chi connectivity index (χ2v) is 4.02. The predicted octanol–water partition coefficient (Wildman–Crippen LogP) is -0.930. The van der Waals surface area contributed by atoms with Crippen molar-refractivity contribution in [2.24, 2.45) is 0 Å². The fourth-order valence-corrected chi connectivity index (χ4v) is 1.66. The summed E-state index contributed by atoms with van der Waals surface area (Å²) in [5.74, 6) is -1.83. The van der Waals surface area contributed by atoms with E-state index in [1.54, 1.807) is 0 Å². The van der Waals surface area contributed by atoms with Gasteiger partial charge in [0.05, 0.1) is 13.2 Å². The number of carbonyl (C=O) groups is 2. The highest BCUT2D eigenvalue weighted by molar-refractivity contribution is 5.88. The summed E-state index contributed by atoms with van der Waals surface area (Å²) in [6.45, 7) is 1.30. The van der Waals surface area contributed by atoms with E-state index >= 15 is 0 Å². The number of carbonyl (C=O) groups excluding carboxylic acids is 1. The van der Waals surface area contributed by atoms with Crippen molar-refractivity contribution in [3.63, 3.8) is 0 Å². The summed E-state index contributed by atoms with van der Waals surface area (Å²) in [5.41, 5.74) is 0.151. The lowest BCUT2D eigenvalue weighted by atomic mass is 9.92. The van der Waals surface area contributed by atoms with Crippen LogP contribution in [0.25, 0.3) is 0 Å². The molecule has 0 saturated heterocycles. The Morgan fingerprint density at radius 1 is 1.44 bits per heavy atom. The molecule has 1 rings (SSSR count). The Kier molecular flexibility index (Phi) is 4.83. The van der Waals surface area contributed by atoms with E-state index in [9.17, 15) is 19.8 Å². The molecule has 7 heteroatoms. The Morgan fingerprint density at radius 2 is 2.06 bits per heavy atom. The van der Waals surface area contributed by atoms with Crippen LogP contribution in [0, 0.1) is 0 Å². The number of rotatable bonds is 4. The third-order valence-electron chi connectivity index (χ3n) is 2.70. The van der Waals surface area contributed by atoms with Gasteiger partial charge in [-0.2, -0.15) is 0 Å². The summed E-state index contributed by atoms with van der Waals surface area (Å²) in [7, 11) is 1.19. The minimum Gasteiger partial charge on any atom is -0.479 e. The Hall–Kier alpha value is -1.44. The van der Waals surface area contributed by atoms with E-state index < -0.39 is 36.4 Å². The summed E-state index contributed by atoms with van der Waals surface area (Å²) < 4.78 is 9.60. The van der Waals surface area contributed by atoms with E-state index in [0.717, 1.165) is 0 Å². The minimum absolute atomic E-state index is 0.0114. The Balaban J connectivity index is 2.79. The van der Waals surface area contributed by atoms with Crippen LogP contribution in [0.5, 0.6) is 0 Å². The van der Waals surface area contributed by atoms with Crippen molar-refractivity contribution >= 4 is 11.9 Å². The van der Waals surface area contributed by atoms with E-state index in [1.807, 2.05) is 0 Å². The van der Waals surface area contributed by atoms with Crippen LogP contribution >= 0.6 is 0 Å². The number of esters is 1. The van der Waals surface area contributed by atoms with Gasteiger partial charge in [-0.05, 0) is 13.0 Å². The van der Waals surface area contributed by atoms with Gasteiger partial charge in [-0.1, -0.05) is 0 Å². The number of hydrogen-bond acceptors (Lipinski definition) is 6. The van der Waals surface area contributed by atoms with Crippen molar-refractivity contribution in [3.05, 3.63) is 11.6 Å². The second-order valence-electron chi connectivity index (χ2n) is 4.02. The number of hydrogen-bond donors (Lipinski definition) is 3. The molecule has 0 saturated carbocycles. The Morgan fingerprint density at radius 3 is 2.56 bits per heavy atom.